The van der Waals surface area contributed by atoms with E-state index in [9.17, 15) is 23.8 Å². The molecule has 6 heteroatoms. The van der Waals surface area contributed by atoms with E-state index >= 15 is 0 Å². The van der Waals surface area contributed by atoms with E-state index in [1.165, 1.54) is 24.3 Å². The van der Waals surface area contributed by atoms with Crippen LogP contribution in [0.15, 0.2) is 98.1 Å². The number of carbonyl (C=O) groups excluding carboxylic acids is 1. The second kappa shape index (κ2) is 10.9. The van der Waals surface area contributed by atoms with Crippen molar-refractivity contribution in [3.05, 3.63) is 126 Å². The molecule has 0 unspecified atom stereocenters. The van der Waals surface area contributed by atoms with E-state index in [-0.39, 0.29) is 33.9 Å². The number of benzene rings is 4. The van der Waals surface area contributed by atoms with Crippen LogP contribution in [0.3, 0.4) is 0 Å². The highest BCUT2D eigenvalue weighted by molar-refractivity contribution is 5.96. The molecule has 0 radical (unpaired) electrons. The van der Waals surface area contributed by atoms with Crippen LogP contribution in [0.4, 0.5) is 8.78 Å². The van der Waals surface area contributed by atoms with E-state index in [2.05, 4.69) is 13.2 Å². The number of allylic oxidation sites excluding steroid dienone is 2. The normalized spacial score (nSPS) is 10.6. The lowest BCUT2D eigenvalue weighted by Crippen LogP contribution is -2.10. The number of phenols is 2. The quantitative estimate of drug-likeness (QED) is 0.151. The van der Waals surface area contributed by atoms with Gasteiger partial charge in [-0.3, -0.25) is 0 Å². The molecule has 0 aliphatic heterocycles. The molecule has 0 aliphatic carbocycles. The summed E-state index contributed by atoms with van der Waals surface area (Å²) in [7, 11) is 0. The second-order valence-corrected chi connectivity index (χ2v) is 8.41. The molecule has 0 spiro atoms. The van der Waals surface area contributed by atoms with Crippen molar-refractivity contribution in [1.29, 1.82) is 0 Å². The van der Waals surface area contributed by atoms with Crippen molar-refractivity contribution >= 4 is 5.97 Å². The highest BCUT2D eigenvalue weighted by Crippen LogP contribution is 2.38. The largest absolute Gasteiger partial charge is 0.507 e. The van der Waals surface area contributed by atoms with Crippen molar-refractivity contribution in [3.8, 4) is 39.5 Å². The molecule has 0 heterocycles. The zero-order valence-corrected chi connectivity index (χ0v) is 19.9. The van der Waals surface area contributed by atoms with Crippen LogP contribution < -0.4 is 4.74 Å². The van der Waals surface area contributed by atoms with Gasteiger partial charge in [-0.15, -0.1) is 13.2 Å². The lowest BCUT2D eigenvalue weighted by molar-refractivity contribution is 0.0732. The molecular weight excluding hydrogens is 474 g/mol. The molecule has 0 saturated heterocycles. The summed E-state index contributed by atoms with van der Waals surface area (Å²) in [4.78, 5) is 13.2. The van der Waals surface area contributed by atoms with Crippen LogP contribution in [0.5, 0.6) is 17.2 Å². The summed E-state index contributed by atoms with van der Waals surface area (Å²) < 4.78 is 33.4. The third kappa shape index (κ3) is 5.59. The van der Waals surface area contributed by atoms with Crippen LogP contribution in [0.2, 0.25) is 0 Å². The van der Waals surface area contributed by atoms with Crippen molar-refractivity contribution in [3.63, 3.8) is 0 Å². The number of hydrogen-bond donors (Lipinski definition) is 2. The van der Waals surface area contributed by atoms with Gasteiger partial charge in [-0.25, -0.2) is 13.6 Å². The molecule has 0 fully saturated rings. The smallest absolute Gasteiger partial charge is 0.347 e. The van der Waals surface area contributed by atoms with E-state index < -0.39 is 17.6 Å². The van der Waals surface area contributed by atoms with Crippen molar-refractivity contribution in [1.82, 2.24) is 0 Å². The monoisotopic (exact) mass is 498 g/mol. The maximum atomic E-state index is 14.3. The van der Waals surface area contributed by atoms with Gasteiger partial charge in [-0.05, 0) is 78.1 Å². The number of ether oxygens (including phenoxy) is 1. The van der Waals surface area contributed by atoms with Crippen molar-refractivity contribution in [2.24, 2.45) is 0 Å². The Morgan fingerprint density at radius 2 is 1.41 bits per heavy atom. The number of phenolic OH excluding ortho intramolecular Hbond substituents is 2. The van der Waals surface area contributed by atoms with Crippen LogP contribution in [-0.4, -0.2) is 16.2 Å². The van der Waals surface area contributed by atoms with Crippen LogP contribution in [0, 0.1) is 11.6 Å². The first kappa shape index (κ1) is 25.4. The van der Waals surface area contributed by atoms with Crippen LogP contribution in [-0.2, 0) is 12.8 Å². The minimum Gasteiger partial charge on any atom is -0.507 e. The lowest BCUT2D eigenvalue weighted by atomic mass is 9.97. The first-order valence-corrected chi connectivity index (χ1v) is 11.5. The minimum absolute atomic E-state index is 0.00232. The molecule has 0 saturated carbocycles. The predicted molar refractivity (Wildman–Crippen MR) is 140 cm³/mol. The Labute approximate surface area is 213 Å². The topological polar surface area (TPSA) is 66.8 Å². The standard InChI is InChI=1S/C31H24F2O4/c1-3-5-19-7-12-28(34)24(15-19)25-16-20(6-4-2)8-14-30(25)37-31(36)26-17-21(9-13-29(26)35)23-11-10-22(32)18-27(23)33/h3-4,7-18,34-35H,1-2,5-6H2. The second-order valence-electron chi connectivity index (χ2n) is 8.41. The predicted octanol–water partition coefficient (Wildman–Crippen LogP) is 7.39. The Bertz CT molecular complexity index is 1510. The maximum absolute atomic E-state index is 14.3. The fourth-order valence-electron chi connectivity index (χ4n) is 4.01. The maximum Gasteiger partial charge on any atom is 0.347 e. The number of aromatic hydroxyl groups is 2. The highest BCUT2D eigenvalue weighted by atomic mass is 19.1. The van der Waals surface area contributed by atoms with Gasteiger partial charge in [0.15, 0.2) is 0 Å². The summed E-state index contributed by atoms with van der Waals surface area (Å²) in [6.07, 6.45) is 4.61. The Morgan fingerprint density at radius 1 is 0.757 bits per heavy atom. The molecule has 4 nitrogen and oxygen atoms in total. The Morgan fingerprint density at radius 3 is 2.08 bits per heavy atom. The Balaban J connectivity index is 1.75. The summed E-state index contributed by atoms with van der Waals surface area (Å²) in [5.74, 6) is -2.63. The fourth-order valence-corrected chi connectivity index (χ4v) is 4.01. The molecule has 4 rings (SSSR count). The van der Waals surface area contributed by atoms with Crippen LogP contribution in [0.1, 0.15) is 21.5 Å². The van der Waals surface area contributed by atoms with Gasteiger partial charge >= 0.3 is 5.97 Å². The van der Waals surface area contributed by atoms with Gasteiger partial charge in [0.05, 0.1) is 0 Å². The third-order valence-corrected chi connectivity index (χ3v) is 5.82. The van der Waals surface area contributed by atoms with E-state index in [1.807, 2.05) is 0 Å². The molecule has 2 N–H and O–H groups in total. The summed E-state index contributed by atoms with van der Waals surface area (Å²) in [5.41, 5.74) is 2.84. The average Bonchev–Trinajstić information content (AvgIpc) is 2.87. The molecule has 0 atom stereocenters. The molecular formula is C31H24F2O4. The SMILES string of the molecule is C=CCc1ccc(O)c(-c2cc(CC=C)ccc2OC(=O)c2cc(-c3ccc(F)cc3F)ccc2O)c1. The summed E-state index contributed by atoms with van der Waals surface area (Å²) in [6.45, 7) is 7.51. The van der Waals surface area contributed by atoms with Gasteiger partial charge in [-0.2, -0.15) is 0 Å². The summed E-state index contributed by atoms with van der Waals surface area (Å²) in [6, 6.07) is 17.3. The minimum atomic E-state index is -0.888. The van der Waals surface area contributed by atoms with Gasteiger partial charge < -0.3 is 14.9 Å². The van der Waals surface area contributed by atoms with Crippen LogP contribution in [0.25, 0.3) is 22.3 Å². The number of rotatable bonds is 8. The average molecular weight is 499 g/mol. The molecule has 37 heavy (non-hydrogen) atoms. The van der Waals surface area contributed by atoms with Gasteiger partial charge in [0.2, 0.25) is 0 Å². The first-order valence-electron chi connectivity index (χ1n) is 11.5. The molecule has 4 aromatic carbocycles. The zero-order chi connectivity index (χ0) is 26.5. The van der Waals surface area contributed by atoms with Gasteiger partial charge in [-0.1, -0.05) is 30.4 Å². The Kier molecular flexibility index (Phi) is 7.49. The van der Waals surface area contributed by atoms with Gasteiger partial charge in [0.1, 0.15) is 34.4 Å². The number of halogens is 2. The molecule has 186 valence electrons. The molecule has 0 bridgehead atoms. The molecule has 0 aliphatic rings. The van der Waals surface area contributed by atoms with Crippen molar-refractivity contribution in [2.45, 2.75) is 12.8 Å². The van der Waals surface area contributed by atoms with E-state index in [0.717, 1.165) is 23.3 Å². The number of carbonyl (C=O) groups is 1. The highest BCUT2D eigenvalue weighted by Gasteiger charge is 2.20. The van der Waals surface area contributed by atoms with Crippen molar-refractivity contribution in [2.75, 3.05) is 0 Å². The van der Waals surface area contributed by atoms with Gasteiger partial charge in [0, 0.05) is 22.8 Å². The molecule has 0 amide bonds. The van der Waals surface area contributed by atoms with Crippen LogP contribution >= 0.6 is 0 Å². The van der Waals surface area contributed by atoms with E-state index in [1.54, 1.807) is 48.6 Å². The molecule has 0 aromatic heterocycles. The Hall–Kier alpha value is -4.71. The number of hydrogen-bond acceptors (Lipinski definition) is 4. The third-order valence-electron chi connectivity index (χ3n) is 5.82. The lowest BCUT2D eigenvalue weighted by Gasteiger charge is -2.15. The summed E-state index contributed by atoms with van der Waals surface area (Å²) in [5, 5.41) is 21.0. The zero-order valence-electron chi connectivity index (χ0n) is 19.9. The fraction of sp³-hybridized carbons (Fsp3) is 0.0645. The van der Waals surface area contributed by atoms with E-state index in [4.69, 9.17) is 4.74 Å². The molecule has 4 aromatic rings. The first-order chi connectivity index (χ1) is 17.8. The van der Waals surface area contributed by atoms with E-state index in [0.29, 0.717) is 24.0 Å². The van der Waals surface area contributed by atoms with Gasteiger partial charge in [0.25, 0.3) is 0 Å². The summed E-state index contributed by atoms with van der Waals surface area (Å²) >= 11 is 0. The number of esters is 1. The van der Waals surface area contributed by atoms with Crippen molar-refractivity contribution < 1.29 is 28.5 Å².